The van der Waals surface area contributed by atoms with Crippen molar-refractivity contribution < 1.29 is 18.0 Å². The van der Waals surface area contributed by atoms with Crippen LogP contribution in [0.3, 0.4) is 0 Å². The van der Waals surface area contributed by atoms with Gasteiger partial charge in [0.1, 0.15) is 0 Å². The fourth-order valence-corrected chi connectivity index (χ4v) is 4.04. The molecule has 1 aliphatic carbocycles. The van der Waals surface area contributed by atoms with E-state index in [2.05, 4.69) is 31.3 Å². The predicted molar refractivity (Wildman–Crippen MR) is 128 cm³/mol. The number of benzene rings is 1. The zero-order chi connectivity index (χ0) is 23.8. The largest absolute Gasteiger partial charge is 0.435 e. The predicted octanol–water partition coefficient (Wildman–Crippen LogP) is 6.17. The van der Waals surface area contributed by atoms with Gasteiger partial charge in [-0.2, -0.15) is 18.3 Å². The SMILES string of the molecule is O=C(Nc1ccccc1-c1cnc(-n2ccc(C(F)(F)F)n2)c(Cl)c1)C1=CC=CC(Br)C1=S. The first-order valence-corrected chi connectivity index (χ1v) is 11.1. The van der Waals surface area contributed by atoms with Crippen molar-refractivity contribution in [2.24, 2.45) is 0 Å². The average molecular weight is 554 g/mol. The van der Waals surface area contributed by atoms with E-state index in [0.717, 1.165) is 16.9 Å². The fraction of sp³-hybridized carbons (Fsp3) is 0.0909. The molecule has 0 fully saturated rings. The first-order valence-electron chi connectivity index (χ1n) is 9.41. The standard InChI is InChI=1S/C22H13BrClF3N4OS/c23-15-6-3-5-14(19(15)33)21(32)29-17-7-2-1-4-13(17)12-10-16(24)20(28-11-12)31-9-8-18(30-31)22(25,26)27/h1-11,15H,(H,29,32). The normalized spacial score (nSPS) is 16.0. The minimum Gasteiger partial charge on any atom is -0.321 e. The van der Waals surface area contributed by atoms with E-state index in [9.17, 15) is 18.0 Å². The summed E-state index contributed by atoms with van der Waals surface area (Å²) in [6, 6.07) is 9.40. The van der Waals surface area contributed by atoms with Crippen LogP contribution in [0.2, 0.25) is 5.02 Å². The van der Waals surface area contributed by atoms with Gasteiger partial charge in [0, 0.05) is 34.1 Å². The summed E-state index contributed by atoms with van der Waals surface area (Å²) in [5.74, 6) is -0.321. The third kappa shape index (κ3) is 4.92. The van der Waals surface area contributed by atoms with Crippen LogP contribution in [0.4, 0.5) is 18.9 Å². The van der Waals surface area contributed by atoms with Crippen LogP contribution in [-0.2, 0) is 11.0 Å². The molecule has 2 heterocycles. The lowest BCUT2D eigenvalue weighted by Gasteiger charge is -2.17. The van der Waals surface area contributed by atoms with E-state index in [1.165, 1.54) is 6.20 Å². The lowest BCUT2D eigenvalue weighted by molar-refractivity contribution is -0.141. The van der Waals surface area contributed by atoms with Crippen LogP contribution in [0.5, 0.6) is 0 Å². The van der Waals surface area contributed by atoms with Crippen LogP contribution < -0.4 is 5.32 Å². The fourth-order valence-electron chi connectivity index (χ4n) is 3.13. The molecular weight excluding hydrogens is 541 g/mol. The molecule has 0 saturated carbocycles. The summed E-state index contributed by atoms with van der Waals surface area (Å²) in [5.41, 5.74) is 0.997. The molecule has 3 aromatic rings. The molecule has 1 aliphatic rings. The van der Waals surface area contributed by atoms with Crippen LogP contribution in [-0.4, -0.2) is 30.4 Å². The number of halogens is 5. The molecular formula is C22H13BrClF3N4OS. The maximum atomic E-state index is 12.8. The van der Waals surface area contributed by atoms with Crippen LogP contribution in [0, 0.1) is 0 Å². The van der Waals surface area contributed by atoms with Gasteiger partial charge in [0.15, 0.2) is 11.5 Å². The number of hydrogen-bond acceptors (Lipinski definition) is 4. The second-order valence-electron chi connectivity index (χ2n) is 6.90. The molecule has 168 valence electrons. The van der Waals surface area contributed by atoms with Crippen molar-refractivity contribution in [1.82, 2.24) is 14.8 Å². The molecule has 1 amide bonds. The molecule has 5 nitrogen and oxygen atoms in total. The van der Waals surface area contributed by atoms with E-state index >= 15 is 0 Å². The highest BCUT2D eigenvalue weighted by Gasteiger charge is 2.34. The highest BCUT2D eigenvalue weighted by molar-refractivity contribution is 9.10. The van der Waals surface area contributed by atoms with Gasteiger partial charge in [-0.15, -0.1) is 0 Å². The Morgan fingerprint density at radius 3 is 2.70 bits per heavy atom. The van der Waals surface area contributed by atoms with Crippen molar-refractivity contribution in [2.45, 2.75) is 11.0 Å². The maximum absolute atomic E-state index is 12.8. The molecule has 0 aliphatic heterocycles. The number of nitrogens with one attached hydrogen (secondary N) is 1. The maximum Gasteiger partial charge on any atom is 0.435 e. The summed E-state index contributed by atoms with van der Waals surface area (Å²) in [6.07, 6.45) is 3.23. The Hall–Kier alpha value is -2.82. The minimum atomic E-state index is -4.57. The Labute approximate surface area is 205 Å². The lowest BCUT2D eigenvalue weighted by Crippen LogP contribution is -2.25. The quantitative estimate of drug-likeness (QED) is 0.310. The van der Waals surface area contributed by atoms with Crippen molar-refractivity contribution >= 4 is 56.2 Å². The van der Waals surface area contributed by atoms with E-state index in [1.807, 2.05) is 6.08 Å². The van der Waals surface area contributed by atoms with Gasteiger partial charge in [0.25, 0.3) is 5.91 Å². The summed E-state index contributed by atoms with van der Waals surface area (Å²) < 4.78 is 39.5. The summed E-state index contributed by atoms with van der Waals surface area (Å²) >= 11 is 15.1. The number of alkyl halides is 4. The Kier molecular flexibility index (Phi) is 6.51. The zero-order valence-corrected chi connectivity index (χ0v) is 19.6. The molecule has 1 N–H and O–H groups in total. The second kappa shape index (κ2) is 9.20. The van der Waals surface area contributed by atoms with Crippen molar-refractivity contribution in [2.75, 3.05) is 5.32 Å². The number of aromatic nitrogens is 3. The number of nitrogens with zero attached hydrogens (tertiary/aromatic N) is 3. The Bertz CT molecular complexity index is 1320. The number of pyridine rings is 1. The number of carbonyl (C=O) groups is 1. The zero-order valence-electron chi connectivity index (χ0n) is 16.5. The smallest absolute Gasteiger partial charge is 0.321 e. The van der Waals surface area contributed by atoms with Gasteiger partial charge in [-0.3, -0.25) is 4.79 Å². The van der Waals surface area contributed by atoms with Crippen LogP contribution in [0.1, 0.15) is 5.69 Å². The minimum absolute atomic E-state index is 0.0466. The van der Waals surface area contributed by atoms with Crippen molar-refractivity contribution in [3.63, 3.8) is 0 Å². The van der Waals surface area contributed by atoms with Crippen LogP contribution >= 0.6 is 39.7 Å². The number of rotatable bonds is 4. The van der Waals surface area contributed by atoms with Gasteiger partial charge in [0.2, 0.25) is 0 Å². The third-order valence-corrected chi connectivity index (χ3v) is 6.53. The number of para-hydroxylation sites is 1. The molecule has 1 aromatic carbocycles. The number of amides is 1. The first kappa shape index (κ1) is 23.3. The highest BCUT2D eigenvalue weighted by Crippen LogP contribution is 2.33. The van der Waals surface area contributed by atoms with E-state index in [4.69, 9.17) is 23.8 Å². The number of allylic oxidation sites excluding steroid dienone is 3. The summed E-state index contributed by atoms with van der Waals surface area (Å²) in [4.78, 5) is 17.3. The van der Waals surface area contributed by atoms with Crippen molar-refractivity contribution in [1.29, 1.82) is 0 Å². The van der Waals surface area contributed by atoms with E-state index in [1.54, 1.807) is 42.5 Å². The molecule has 1 unspecified atom stereocenters. The van der Waals surface area contributed by atoms with E-state index in [0.29, 0.717) is 27.3 Å². The van der Waals surface area contributed by atoms with Crippen molar-refractivity contribution in [3.05, 3.63) is 83.3 Å². The van der Waals surface area contributed by atoms with E-state index < -0.39 is 11.9 Å². The average Bonchev–Trinajstić information content (AvgIpc) is 3.26. The van der Waals surface area contributed by atoms with Gasteiger partial charge in [-0.25, -0.2) is 9.67 Å². The van der Waals surface area contributed by atoms with Crippen LogP contribution in [0.15, 0.2) is 72.6 Å². The Morgan fingerprint density at radius 2 is 2.00 bits per heavy atom. The molecule has 2 aromatic heterocycles. The summed E-state index contributed by atoms with van der Waals surface area (Å²) in [6.45, 7) is 0. The topological polar surface area (TPSA) is 59.8 Å². The first-order chi connectivity index (χ1) is 15.6. The van der Waals surface area contributed by atoms with Crippen molar-refractivity contribution in [3.8, 4) is 16.9 Å². The molecule has 0 saturated heterocycles. The second-order valence-corrected chi connectivity index (χ2v) is 8.74. The molecule has 0 spiro atoms. The number of anilines is 1. The van der Waals surface area contributed by atoms with Gasteiger partial charge < -0.3 is 5.32 Å². The molecule has 33 heavy (non-hydrogen) atoms. The van der Waals surface area contributed by atoms with Gasteiger partial charge in [0.05, 0.1) is 15.4 Å². The molecule has 11 heteroatoms. The lowest BCUT2D eigenvalue weighted by atomic mass is 10.0. The Balaban J connectivity index is 1.63. The summed E-state index contributed by atoms with van der Waals surface area (Å²) in [5, 5.41) is 6.44. The number of carbonyl (C=O) groups excluding carboxylic acids is 1. The van der Waals surface area contributed by atoms with Gasteiger partial charge in [-0.05, 0) is 24.3 Å². The van der Waals surface area contributed by atoms with E-state index in [-0.39, 0.29) is 21.6 Å². The monoisotopic (exact) mass is 552 g/mol. The summed E-state index contributed by atoms with van der Waals surface area (Å²) in [7, 11) is 0. The number of hydrogen-bond donors (Lipinski definition) is 1. The molecule has 0 radical (unpaired) electrons. The van der Waals surface area contributed by atoms with Crippen LogP contribution in [0.25, 0.3) is 16.9 Å². The van der Waals surface area contributed by atoms with Gasteiger partial charge in [-0.1, -0.05) is 70.1 Å². The third-order valence-electron chi connectivity index (χ3n) is 4.71. The number of thiocarbonyl (C=S) groups is 1. The molecule has 4 rings (SSSR count). The Morgan fingerprint density at radius 1 is 1.24 bits per heavy atom. The molecule has 1 atom stereocenters. The molecule has 0 bridgehead atoms. The highest BCUT2D eigenvalue weighted by atomic mass is 79.9. The van der Waals surface area contributed by atoms with Gasteiger partial charge >= 0.3 is 6.18 Å².